The Bertz CT molecular complexity index is 834. The van der Waals surface area contributed by atoms with Gasteiger partial charge in [0.2, 0.25) is 11.8 Å². The first kappa shape index (κ1) is 17.0. The quantitative estimate of drug-likeness (QED) is 0.788. The summed E-state index contributed by atoms with van der Waals surface area (Å²) in [4.78, 5) is 36.1. The second kappa shape index (κ2) is 7.40. The van der Waals surface area contributed by atoms with Gasteiger partial charge in [-0.3, -0.25) is 14.4 Å². The summed E-state index contributed by atoms with van der Waals surface area (Å²) in [6.07, 6.45) is 0.460. The zero-order chi connectivity index (χ0) is 17.8. The van der Waals surface area contributed by atoms with Gasteiger partial charge in [-0.1, -0.05) is 0 Å². The topological polar surface area (TPSA) is 87.3 Å². The lowest BCUT2D eigenvalue weighted by Crippen LogP contribution is -2.14. The fourth-order valence-corrected chi connectivity index (χ4v) is 3.34. The van der Waals surface area contributed by atoms with E-state index in [1.54, 1.807) is 48.2 Å². The number of rotatable bonds is 3. The molecule has 0 spiro atoms. The van der Waals surface area contributed by atoms with Crippen molar-refractivity contribution in [2.45, 2.75) is 18.2 Å². The third kappa shape index (κ3) is 4.39. The van der Waals surface area contributed by atoms with Gasteiger partial charge in [-0.2, -0.15) is 0 Å². The molecule has 0 saturated carbocycles. The Kier molecular flexibility index (Phi) is 5.04. The highest BCUT2D eigenvalue weighted by atomic mass is 32.2. The summed E-state index contributed by atoms with van der Waals surface area (Å²) in [5.41, 5.74) is 2.41. The van der Waals surface area contributed by atoms with E-state index in [1.807, 2.05) is 6.07 Å². The van der Waals surface area contributed by atoms with E-state index in [-0.39, 0.29) is 17.7 Å². The maximum Gasteiger partial charge on any atom is 0.255 e. The van der Waals surface area contributed by atoms with Crippen LogP contribution in [0.3, 0.4) is 0 Å². The number of benzene rings is 2. The highest BCUT2D eigenvalue weighted by Crippen LogP contribution is 2.31. The van der Waals surface area contributed by atoms with Gasteiger partial charge in [-0.15, -0.1) is 11.8 Å². The van der Waals surface area contributed by atoms with Gasteiger partial charge < -0.3 is 16.0 Å². The Morgan fingerprint density at radius 2 is 1.72 bits per heavy atom. The molecule has 1 aliphatic heterocycles. The number of carbonyl (C=O) groups is 3. The summed E-state index contributed by atoms with van der Waals surface area (Å²) in [7, 11) is 0. The number of hydrogen-bond acceptors (Lipinski definition) is 4. The summed E-state index contributed by atoms with van der Waals surface area (Å²) >= 11 is 1.59. The third-order valence-electron chi connectivity index (χ3n) is 3.57. The minimum atomic E-state index is -0.265. The molecule has 25 heavy (non-hydrogen) atoms. The van der Waals surface area contributed by atoms with Crippen molar-refractivity contribution in [2.24, 2.45) is 0 Å². The lowest BCUT2D eigenvalue weighted by Gasteiger charge is -2.10. The van der Waals surface area contributed by atoms with Gasteiger partial charge in [0.25, 0.3) is 5.91 Å². The lowest BCUT2D eigenvalue weighted by molar-refractivity contribution is -0.116. The second-order valence-electron chi connectivity index (χ2n) is 5.57. The van der Waals surface area contributed by atoms with Crippen molar-refractivity contribution >= 4 is 46.5 Å². The maximum absolute atomic E-state index is 12.4. The smallest absolute Gasteiger partial charge is 0.255 e. The first-order chi connectivity index (χ1) is 12.0. The van der Waals surface area contributed by atoms with Gasteiger partial charge >= 0.3 is 0 Å². The largest absolute Gasteiger partial charge is 0.326 e. The van der Waals surface area contributed by atoms with Crippen LogP contribution in [0.5, 0.6) is 0 Å². The molecule has 0 bridgehead atoms. The van der Waals surface area contributed by atoms with E-state index >= 15 is 0 Å². The molecule has 0 aliphatic carbocycles. The van der Waals surface area contributed by atoms with Crippen LogP contribution < -0.4 is 16.0 Å². The SMILES string of the molecule is CC(=O)Nc1ccc(NC(=O)c2ccc3c(c2)NC(=O)CCS3)cc1. The van der Waals surface area contributed by atoms with E-state index in [0.29, 0.717) is 29.0 Å². The zero-order valence-electron chi connectivity index (χ0n) is 13.6. The normalized spacial score (nSPS) is 13.2. The van der Waals surface area contributed by atoms with E-state index in [9.17, 15) is 14.4 Å². The van der Waals surface area contributed by atoms with Crippen molar-refractivity contribution in [2.75, 3.05) is 21.7 Å². The molecule has 0 radical (unpaired) electrons. The van der Waals surface area contributed by atoms with E-state index in [1.165, 1.54) is 6.92 Å². The minimum Gasteiger partial charge on any atom is -0.326 e. The van der Waals surface area contributed by atoms with Crippen molar-refractivity contribution in [3.63, 3.8) is 0 Å². The molecular formula is C18H17N3O3S. The Morgan fingerprint density at radius 3 is 2.40 bits per heavy atom. The number of carbonyl (C=O) groups excluding carboxylic acids is 3. The molecule has 7 heteroatoms. The molecule has 128 valence electrons. The van der Waals surface area contributed by atoms with Gasteiger partial charge in [0.05, 0.1) is 5.69 Å². The van der Waals surface area contributed by atoms with Crippen LogP contribution in [0.4, 0.5) is 17.1 Å². The van der Waals surface area contributed by atoms with Crippen LogP contribution in [-0.2, 0) is 9.59 Å². The third-order valence-corrected chi connectivity index (χ3v) is 4.64. The van der Waals surface area contributed by atoms with Gasteiger partial charge in [0, 0.05) is 40.9 Å². The molecule has 1 aliphatic rings. The highest BCUT2D eigenvalue weighted by molar-refractivity contribution is 7.99. The first-order valence-electron chi connectivity index (χ1n) is 7.77. The molecule has 6 nitrogen and oxygen atoms in total. The van der Waals surface area contributed by atoms with E-state index in [2.05, 4.69) is 16.0 Å². The monoisotopic (exact) mass is 355 g/mol. The fraction of sp³-hybridized carbons (Fsp3) is 0.167. The van der Waals surface area contributed by atoms with E-state index < -0.39 is 0 Å². The van der Waals surface area contributed by atoms with Crippen LogP contribution in [0.2, 0.25) is 0 Å². The zero-order valence-corrected chi connectivity index (χ0v) is 14.4. The number of hydrogen-bond donors (Lipinski definition) is 3. The highest BCUT2D eigenvalue weighted by Gasteiger charge is 2.16. The maximum atomic E-state index is 12.4. The van der Waals surface area contributed by atoms with E-state index in [4.69, 9.17) is 0 Å². The van der Waals surface area contributed by atoms with Crippen LogP contribution in [0, 0.1) is 0 Å². The summed E-state index contributed by atoms with van der Waals surface area (Å²) in [5.74, 6) is 0.267. The summed E-state index contributed by atoms with van der Waals surface area (Å²) < 4.78 is 0. The molecule has 1 heterocycles. The number of fused-ring (bicyclic) bond motifs is 1. The van der Waals surface area contributed by atoms with Gasteiger partial charge in [0.1, 0.15) is 0 Å². The molecule has 3 rings (SSSR count). The van der Waals surface area contributed by atoms with Gasteiger partial charge in [0.15, 0.2) is 0 Å². The van der Waals surface area contributed by atoms with E-state index in [0.717, 1.165) is 10.6 Å². The molecule has 0 atom stereocenters. The molecule has 0 unspecified atom stereocenters. The number of thioether (sulfide) groups is 1. The van der Waals surface area contributed by atoms with Crippen molar-refractivity contribution in [1.82, 2.24) is 0 Å². The molecule has 2 aromatic carbocycles. The summed E-state index contributed by atoms with van der Waals surface area (Å²) in [6, 6.07) is 12.1. The van der Waals surface area contributed by atoms with Crippen molar-refractivity contribution in [3.8, 4) is 0 Å². The van der Waals surface area contributed by atoms with Crippen molar-refractivity contribution < 1.29 is 14.4 Å². The summed E-state index contributed by atoms with van der Waals surface area (Å²) in [6.45, 7) is 1.44. The minimum absolute atomic E-state index is 0.0441. The Hall–Kier alpha value is -2.80. The molecule has 3 N–H and O–H groups in total. The predicted octanol–water partition coefficient (Wildman–Crippen LogP) is 3.33. The van der Waals surface area contributed by atoms with Crippen LogP contribution >= 0.6 is 11.8 Å². The number of nitrogens with one attached hydrogen (secondary N) is 3. The summed E-state index contributed by atoms with van der Waals surface area (Å²) in [5, 5.41) is 8.30. The van der Waals surface area contributed by atoms with Crippen LogP contribution in [0.1, 0.15) is 23.7 Å². The lowest BCUT2D eigenvalue weighted by atomic mass is 10.1. The Labute approximate surface area is 149 Å². The fourth-order valence-electron chi connectivity index (χ4n) is 2.40. The average molecular weight is 355 g/mol. The standard InChI is InChI=1S/C18H17N3O3S/c1-11(22)19-13-3-5-14(6-4-13)20-18(24)12-2-7-16-15(10-12)21-17(23)8-9-25-16/h2-7,10H,8-9H2,1H3,(H,19,22)(H,20,24)(H,21,23). The molecule has 0 saturated heterocycles. The Morgan fingerprint density at radius 1 is 1.04 bits per heavy atom. The molecular weight excluding hydrogens is 338 g/mol. The molecule has 0 fully saturated rings. The van der Waals surface area contributed by atoms with Gasteiger partial charge in [-0.05, 0) is 42.5 Å². The van der Waals surface area contributed by atoms with Gasteiger partial charge in [-0.25, -0.2) is 0 Å². The van der Waals surface area contributed by atoms with Crippen molar-refractivity contribution in [3.05, 3.63) is 48.0 Å². The molecule has 0 aromatic heterocycles. The molecule has 2 aromatic rings. The number of amides is 3. The second-order valence-corrected chi connectivity index (χ2v) is 6.71. The van der Waals surface area contributed by atoms with Crippen LogP contribution in [0.15, 0.2) is 47.4 Å². The van der Waals surface area contributed by atoms with Crippen LogP contribution in [-0.4, -0.2) is 23.5 Å². The molecule has 3 amide bonds. The predicted molar refractivity (Wildman–Crippen MR) is 99.1 cm³/mol. The number of anilines is 3. The average Bonchev–Trinajstić information content (AvgIpc) is 2.76. The van der Waals surface area contributed by atoms with Crippen LogP contribution in [0.25, 0.3) is 0 Å². The first-order valence-corrected chi connectivity index (χ1v) is 8.75. The Balaban J connectivity index is 1.73. The van der Waals surface area contributed by atoms with Crippen molar-refractivity contribution in [1.29, 1.82) is 0 Å².